The molecule has 2 rings (SSSR count). The summed E-state index contributed by atoms with van der Waals surface area (Å²) in [5, 5.41) is 3.49. The van der Waals surface area contributed by atoms with Gasteiger partial charge in [-0.2, -0.15) is 11.8 Å². The summed E-state index contributed by atoms with van der Waals surface area (Å²) in [5.74, 6) is 0.240. The van der Waals surface area contributed by atoms with Crippen LogP contribution in [-0.2, 0) is 4.79 Å². The molecule has 0 radical (unpaired) electrons. The van der Waals surface area contributed by atoms with Gasteiger partial charge in [0.1, 0.15) is 0 Å². The van der Waals surface area contributed by atoms with E-state index in [4.69, 9.17) is 5.73 Å². The van der Waals surface area contributed by atoms with E-state index in [9.17, 15) is 9.59 Å². The number of thioether (sulfide) groups is 1. The fourth-order valence-corrected chi connectivity index (χ4v) is 3.87. The molecule has 0 aromatic heterocycles. The lowest BCUT2D eigenvalue weighted by Gasteiger charge is -2.20. The Kier molecular flexibility index (Phi) is 6.11. The van der Waals surface area contributed by atoms with Crippen LogP contribution in [0.25, 0.3) is 0 Å². The molecular formula is C16H22N2O2S. The summed E-state index contributed by atoms with van der Waals surface area (Å²) in [6.45, 7) is 0. The SMILES string of the molecule is NC(=O)c1ccccc1NC(=O)CCSC1CCCCC1. The van der Waals surface area contributed by atoms with Gasteiger partial charge in [0, 0.05) is 17.4 Å². The van der Waals surface area contributed by atoms with Crippen molar-refractivity contribution >= 4 is 29.3 Å². The molecule has 0 saturated heterocycles. The maximum atomic E-state index is 12.0. The molecule has 0 heterocycles. The van der Waals surface area contributed by atoms with Gasteiger partial charge in [-0.3, -0.25) is 9.59 Å². The molecule has 1 aromatic carbocycles. The molecule has 0 unspecified atom stereocenters. The Labute approximate surface area is 129 Å². The molecule has 0 aliphatic heterocycles. The van der Waals surface area contributed by atoms with E-state index in [0.29, 0.717) is 22.9 Å². The van der Waals surface area contributed by atoms with E-state index in [-0.39, 0.29) is 5.91 Å². The zero-order valence-corrected chi connectivity index (χ0v) is 13.0. The van der Waals surface area contributed by atoms with Gasteiger partial charge in [0.25, 0.3) is 5.91 Å². The number of nitrogens with two attached hydrogens (primary N) is 1. The molecular weight excluding hydrogens is 284 g/mol. The molecule has 114 valence electrons. The van der Waals surface area contributed by atoms with Crippen LogP contribution >= 0.6 is 11.8 Å². The predicted molar refractivity (Wildman–Crippen MR) is 87.5 cm³/mol. The number of benzene rings is 1. The lowest BCUT2D eigenvalue weighted by Crippen LogP contribution is -2.19. The number of primary amides is 1. The third kappa shape index (κ3) is 5.08. The standard InChI is InChI=1S/C16H22N2O2S/c17-16(20)13-8-4-5-9-14(13)18-15(19)10-11-21-12-6-2-1-3-7-12/h4-5,8-9,12H,1-3,6-7,10-11H2,(H2,17,20)(H,18,19). The largest absolute Gasteiger partial charge is 0.366 e. The number of anilines is 1. The molecule has 2 amide bonds. The second-order valence-corrected chi connectivity index (χ2v) is 6.75. The molecule has 1 aliphatic carbocycles. The van der Waals surface area contributed by atoms with Crippen LogP contribution in [0, 0.1) is 0 Å². The number of rotatable bonds is 6. The van der Waals surface area contributed by atoms with Crippen LogP contribution < -0.4 is 11.1 Å². The van der Waals surface area contributed by atoms with Crippen molar-refractivity contribution in [2.75, 3.05) is 11.1 Å². The quantitative estimate of drug-likeness (QED) is 0.848. The van der Waals surface area contributed by atoms with Crippen LogP contribution in [-0.4, -0.2) is 22.8 Å². The highest BCUT2D eigenvalue weighted by atomic mass is 32.2. The number of carbonyl (C=O) groups is 2. The first-order chi connectivity index (χ1) is 10.2. The van der Waals surface area contributed by atoms with E-state index < -0.39 is 5.91 Å². The first-order valence-corrected chi connectivity index (χ1v) is 8.52. The summed E-state index contributed by atoms with van der Waals surface area (Å²) >= 11 is 1.89. The molecule has 1 saturated carbocycles. The fourth-order valence-electron chi connectivity index (χ4n) is 2.57. The highest BCUT2D eigenvalue weighted by Crippen LogP contribution is 2.28. The van der Waals surface area contributed by atoms with Gasteiger partial charge >= 0.3 is 0 Å². The third-order valence-electron chi connectivity index (χ3n) is 3.70. The summed E-state index contributed by atoms with van der Waals surface area (Å²) in [7, 11) is 0. The Balaban J connectivity index is 1.78. The Morgan fingerprint density at radius 1 is 1.19 bits per heavy atom. The van der Waals surface area contributed by atoms with Crippen LogP contribution in [0.2, 0.25) is 0 Å². The smallest absolute Gasteiger partial charge is 0.250 e. The number of para-hydroxylation sites is 1. The molecule has 4 nitrogen and oxygen atoms in total. The zero-order chi connectivity index (χ0) is 15.1. The molecule has 0 atom stereocenters. The molecule has 1 aliphatic rings. The van der Waals surface area contributed by atoms with Crippen molar-refractivity contribution in [3.63, 3.8) is 0 Å². The molecule has 0 spiro atoms. The van der Waals surface area contributed by atoms with Crippen LogP contribution in [0.4, 0.5) is 5.69 Å². The minimum absolute atomic E-state index is 0.0630. The van der Waals surface area contributed by atoms with E-state index in [2.05, 4.69) is 5.32 Å². The first-order valence-electron chi connectivity index (χ1n) is 7.47. The summed E-state index contributed by atoms with van der Waals surface area (Å²) in [6, 6.07) is 6.83. The van der Waals surface area contributed by atoms with E-state index in [0.717, 1.165) is 5.75 Å². The normalized spacial score (nSPS) is 15.6. The van der Waals surface area contributed by atoms with Crippen molar-refractivity contribution in [3.8, 4) is 0 Å². The van der Waals surface area contributed by atoms with E-state index in [1.54, 1.807) is 24.3 Å². The van der Waals surface area contributed by atoms with Gasteiger partial charge in [-0.25, -0.2) is 0 Å². The molecule has 3 N–H and O–H groups in total. The summed E-state index contributed by atoms with van der Waals surface area (Å²) < 4.78 is 0. The minimum Gasteiger partial charge on any atom is -0.366 e. The predicted octanol–water partition coefficient (Wildman–Crippen LogP) is 3.18. The van der Waals surface area contributed by atoms with Gasteiger partial charge in [-0.1, -0.05) is 31.4 Å². The van der Waals surface area contributed by atoms with Crippen LogP contribution in [0.1, 0.15) is 48.9 Å². The van der Waals surface area contributed by atoms with Gasteiger partial charge in [0.2, 0.25) is 5.91 Å². The van der Waals surface area contributed by atoms with Crippen LogP contribution in [0.15, 0.2) is 24.3 Å². The van der Waals surface area contributed by atoms with Gasteiger partial charge in [0.05, 0.1) is 11.3 Å². The average molecular weight is 306 g/mol. The van der Waals surface area contributed by atoms with Gasteiger partial charge in [-0.15, -0.1) is 0 Å². The topological polar surface area (TPSA) is 72.2 Å². The lowest BCUT2D eigenvalue weighted by molar-refractivity contribution is -0.115. The van der Waals surface area contributed by atoms with Crippen molar-refractivity contribution < 1.29 is 9.59 Å². The number of amides is 2. The molecule has 1 aromatic rings. The molecule has 21 heavy (non-hydrogen) atoms. The zero-order valence-electron chi connectivity index (χ0n) is 12.1. The number of carbonyl (C=O) groups excluding carboxylic acids is 2. The Hall–Kier alpha value is -1.49. The van der Waals surface area contributed by atoms with Gasteiger partial charge in [-0.05, 0) is 25.0 Å². The van der Waals surface area contributed by atoms with Crippen molar-refractivity contribution in [3.05, 3.63) is 29.8 Å². The highest BCUT2D eigenvalue weighted by Gasteiger charge is 2.15. The lowest BCUT2D eigenvalue weighted by atomic mass is 10.0. The fraction of sp³-hybridized carbons (Fsp3) is 0.500. The van der Waals surface area contributed by atoms with Crippen LogP contribution in [0.5, 0.6) is 0 Å². The van der Waals surface area contributed by atoms with Crippen molar-refractivity contribution in [1.82, 2.24) is 0 Å². The Morgan fingerprint density at radius 2 is 1.90 bits per heavy atom. The highest BCUT2D eigenvalue weighted by molar-refractivity contribution is 7.99. The Bertz CT molecular complexity index is 499. The number of hydrogen-bond acceptors (Lipinski definition) is 3. The van der Waals surface area contributed by atoms with Crippen molar-refractivity contribution in [1.29, 1.82) is 0 Å². The second kappa shape index (κ2) is 8.08. The van der Waals surface area contributed by atoms with Crippen molar-refractivity contribution in [2.24, 2.45) is 5.73 Å². The Morgan fingerprint density at radius 3 is 2.62 bits per heavy atom. The van der Waals surface area contributed by atoms with E-state index in [1.807, 2.05) is 11.8 Å². The first kappa shape index (κ1) is 15.9. The van der Waals surface area contributed by atoms with Crippen molar-refractivity contribution in [2.45, 2.75) is 43.8 Å². The van der Waals surface area contributed by atoms with E-state index >= 15 is 0 Å². The molecule has 0 bridgehead atoms. The molecule has 1 fully saturated rings. The average Bonchev–Trinajstić information content (AvgIpc) is 2.48. The summed E-state index contributed by atoms with van der Waals surface area (Å²) in [5.41, 5.74) is 6.14. The summed E-state index contributed by atoms with van der Waals surface area (Å²) in [4.78, 5) is 23.2. The third-order valence-corrected chi connectivity index (χ3v) is 5.08. The van der Waals surface area contributed by atoms with Gasteiger partial charge in [0.15, 0.2) is 0 Å². The monoisotopic (exact) mass is 306 g/mol. The minimum atomic E-state index is -0.525. The second-order valence-electron chi connectivity index (χ2n) is 5.34. The maximum absolute atomic E-state index is 12.0. The number of nitrogens with one attached hydrogen (secondary N) is 1. The number of hydrogen-bond donors (Lipinski definition) is 2. The van der Waals surface area contributed by atoms with Crippen LogP contribution in [0.3, 0.4) is 0 Å². The van der Waals surface area contributed by atoms with Gasteiger partial charge < -0.3 is 11.1 Å². The maximum Gasteiger partial charge on any atom is 0.250 e. The summed E-state index contributed by atoms with van der Waals surface area (Å²) in [6.07, 6.45) is 7.00. The van der Waals surface area contributed by atoms with E-state index in [1.165, 1.54) is 32.1 Å². The molecule has 5 heteroatoms.